The zero-order chi connectivity index (χ0) is 18.6. The molecule has 1 aromatic rings. The second-order valence-electron chi connectivity index (χ2n) is 7.87. The Morgan fingerprint density at radius 2 is 1.59 bits per heavy atom. The molecule has 0 atom stereocenters. The van der Waals surface area contributed by atoms with E-state index in [-0.39, 0.29) is 6.03 Å². The molecule has 0 saturated carbocycles. The molecular formula is C20H32N6O. The lowest BCUT2D eigenvalue weighted by Gasteiger charge is -2.36. The van der Waals surface area contributed by atoms with Crippen molar-refractivity contribution in [1.82, 2.24) is 20.2 Å². The van der Waals surface area contributed by atoms with Crippen LogP contribution in [0.2, 0.25) is 0 Å². The fourth-order valence-corrected chi connectivity index (χ4v) is 4.42. The molecule has 2 fully saturated rings. The van der Waals surface area contributed by atoms with Crippen LogP contribution in [0.25, 0.3) is 0 Å². The van der Waals surface area contributed by atoms with E-state index in [0.29, 0.717) is 13.1 Å². The highest BCUT2D eigenvalue weighted by molar-refractivity contribution is 5.75. The normalized spacial score (nSPS) is 20.4. The number of amides is 2. The van der Waals surface area contributed by atoms with Crippen LogP contribution in [-0.4, -0.2) is 60.2 Å². The van der Waals surface area contributed by atoms with Gasteiger partial charge in [-0.2, -0.15) is 4.98 Å². The lowest BCUT2D eigenvalue weighted by atomic mass is 10.0. The number of carbonyl (C=O) groups is 1. The smallest absolute Gasteiger partial charge is 0.317 e. The predicted molar refractivity (Wildman–Crippen MR) is 107 cm³/mol. The summed E-state index contributed by atoms with van der Waals surface area (Å²) in [6.45, 7) is 8.21. The van der Waals surface area contributed by atoms with Crippen molar-refractivity contribution >= 4 is 17.8 Å². The summed E-state index contributed by atoms with van der Waals surface area (Å²) < 4.78 is 0. The van der Waals surface area contributed by atoms with Gasteiger partial charge in [0.05, 0.1) is 12.2 Å². The number of hydrogen-bond acceptors (Lipinski definition) is 5. The van der Waals surface area contributed by atoms with Crippen LogP contribution in [-0.2, 0) is 13.0 Å². The molecule has 4 rings (SSSR count). The molecule has 2 saturated heterocycles. The Bertz CT molecular complexity index is 667. The van der Waals surface area contributed by atoms with Crippen LogP contribution in [0, 0.1) is 0 Å². The van der Waals surface area contributed by atoms with Crippen molar-refractivity contribution in [1.29, 1.82) is 0 Å². The van der Waals surface area contributed by atoms with Gasteiger partial charge < -0.3 is 20.0 Å². The molecule has 7 heteroatoms. The first kappa shape index (κ1) is 18.3. The molecule has 0 radical (unpaired) electrons. The average molecular weight is 373 g/mol. The summed E-state index contributed by atoms with van der Waals surface area (Å²) in [7, 11) is 0. The summed E-state index contributed by atoms with van der Waals surface area (Å²) in [5, 5.41) is 2.93. The minimum absolute atomic E-state index is 0.0212. The minimum atomic E-state index is 0.0212. The highest BCUT2D eigenvalue weighted by atomic mass is 16.2. The quantitative estimate of drug-likeness (QED) is 0.883. The SMILES string of the molecule is CCNC(=O)N1CCc2nc(N3CCCCC3)nc(N3CCCCC3)c2C1. The van der Waals surface area contributed by atoms with Crippen LogP contribution in [0.4, 0.5) is 16.6 Å². The van der Waals surface area contributed by atoms with Crippen molar-refractivity contribution in [2.24, 2.45) is 0 Å². The third-order valence-electron chi connectivity index (χ3n) is 5.94. The average Bonchev–Trinajstić information content (AvgIpc) is 2.74. The minimum Gasteiger partial charge on any atom is -0.356 e. The predicted octanol–water partition coefficient (Wildman–Crippen LogP) is 2.54. The number of anilines is 2. The molecule has 3 aliphatic rings. The van der Waals surface area contributed by atoms with Crippen LogP contribution in [0.3, 0.4) is 0 Å². The Hall–Kier alpha value is -2.05. The molecule has 27 heavy (non-hydrogen) atoms. The molecule has 148 valence electrons. The van der Waals surface area contributed by atoms with Gasteiger partial charge in [0.25, 0.3) is 0 Å². The second-order valence-corrected chi connectivity index (χ2v) is 7.87. The van der Waals surface area contributed by atoms with E-state index in [1.165, 1.54) is 38.5 Å². The number of nitrogens with zero attached hydrogens (tertiary/aromatic N) is 5. The van der Waals surface area contributed by atoms with Crippen LogP contribution < -0.4 is 15.1 Å². The number of nitrogens with one attached hydrogen (secondary N) is 1. The molecule has 0 aromatic carbocycles. The lowest BCUT2D eigenvalue weighted by Crippen LogP contribution is -2.44. The summed E-state index contributed by atoms with van der Waals surface area (Å²) in [4.78, 5) is 29.1. The number of hydrogen-bond donors (Lipinski definition) is 1. The fraction of sp³-hybridized carbons (Fsp3) is 0.750. The van der Waals surface area contributed by atoms with Crippen LogP contribution in [0.1, 0.15) is 56.7 Å². The summed E-state index contributed by atoms with van der Waals surface area (Å²) >= 11 is 0. The van der Waals surface area contributed by atoms with Gasteiger partial charge in [0.1, 0.15) is 5.82 Å². The van der Waals surface area contributed by atoms with Gasteiger partial charge in [0.2, 0.25) is 5.95 Å². The van der Waals surface area contributed by atoms with Crippen LogP contribution >= 0.6 is 0 Å². The van der Waals surface area contributed by atoms with Gasteiger partial charge in [-0.25, -0.2) is 9.78 Å². The molecule has 2 amide bonds. The molecular weight excluding hydrogens is 340 g/mol. The molecule has 0 spiro atoms. The molecule has 4 heterocycles. The molecule has 0 aliphatic carbocycles. The number of carbonyl (C=O) groups excluding carboxylic acids is 1. The highest BCUT2D eigenvalue weighted by Gasteiger charge is 2.29. The first-order valence-corrected chi connectivity index (χ1v) is 10.7. The van der Waals surface area contributed by atoms with E-state index in [4.69, 9.17) is 9.97 Å². The maximum atomic E-state index is 12.4. The Morgan fingerprint density at radius 3 is 2.26 bits per heavy atom. The number of fused-ring (bicyclic) bond motifs is 1. The zero-order valence-corrected chi connectivity index (χ0v) is 16.5. The Labute approximate surface area is 162 Å². The van der Waals surface area contributed by atoms with E-state index in [0.717, 1.165) is 62.2 Å². The topological polar surface area (TPSA) is 64.6 Å². The maximum Gasteiger partial charge on any atom is 0.317 e. The Kier molecular flexibility index (Phi) is 5.64. The molecule has 0 unspecified atom stereocenters. The van der Waals surface area contributed by atoms with Crippen molar-refractivity contribution in [3.05, 3.63) is 11.3 Å². The van der Waals surface area contributed by atoms with Gasteiger partial charge in [0, 0.05) is 51.3 Å². The van der Waals surface area contributed by atoms with E-state index in [1.54, 1.807) is 0 Å². The van der Waals surface area contributed by atoms with E-state index >= 15 is 0 Å². The first-order valence-electron chi connectivity index (χ1n) is 10.7. The number of aromatic nitrogens is 2. The van der Waals surface area contributed by atoms with Gasteiger partial charge in [-0.3, -0.25) is 0 Å². The van der Waals surface area contributed by atoms with Gasteiger partial charge in [0.15, 0.2) is 0 Å². The van der Waals surface area contributed by atoms with Gasteiger partial charge in [-0.1, -0.05) is 0 Å². The van der Waals surface area contributed by atoms with Crippen molar-refractivity contribution in [2.75, 3.05) is 49.1 Å². The standard InChI is InChI=1S/C20H32N6O/c1-2-21-20(27)26-14-9-17-16(15-26)18(24-10-5-3-6-11-24)23-19(22-17)25-12-7-4-8-13-25/h2-15H2,1H3,(H,21,27). The summed E-state index contributed by atoms with van der Waals surface area (Å²) in [6, 6.07) is 0.0212. The van der Waals surface area contributed by atoms with Gasteiger partial charge >= 0.3 is 6.03 Å². The zero-order valence-electron chi connectivity index (χ0n) is 16.5. The largest absolute Gasteiger partial charge is 0.356 e. The van der Waals surface area contributed by atoms with Gasteiger partial charge in [-0.15, -0.1) is 0 Å². The first-order chi connectivity index (χ1) is 13.3. The van der Waals surface area contributed by atoms with E-state index < -0.39 is 0 Å². The molecule has 1 aromatic heterocycles. The summed E-state index contributed by atoms with van der Waals surface area (Å²) in [5.74, 6) is 1.98. The third kappa shape index (κ3) is 3.96. The fourth-order valence-electron chi connectivity index (χ4n) is 4.42. The van der Waals surface area contributed by atoms with E-state index in [9.17, 15) is 4.79 Å². The summed E-state index contributed by atoms with van der Waals surface area (Å²) in [5.41, 5.74) is 2.31. The van der Waals surface area contributed by atoms with E-state index in [2.05, 4.69) is 15.1 Å². The van der Waals surface area contributed by atoms with Crippen molar-refractivity contribution in [3.63, 3.8) is 0 Å². The molecule has 7 nitrogen and oxygen atoms in total. The molecule has 0 bridgehead atoms. The van der Waals surface area contributed by atoms with E-state index in [1.807, 2.05) is 11.8 Å². The van der Waals surface area contributed by atoms with Crippen molar-refractivity contribution in [2.45, 2.75) is 58.4 Å². The highest BCUT2D eigenvalue weighted by Crippen LogP contribution is 2.31. The number of rotatable bonds is 3. The van der Waals surface area contributed by atoms with Crippen molar-refractivity contribution < 1.29 is 4.79 Å². The summed E-state index contributed by atoms with van der Waals surface area (Å²) in [6.07, 6.45) is 8.32. The van der Waals surface area contributed by atoms with Crippen molar-refractivity contribution in [3.8, 4) is 0 Å². The Balaban J connectivity index is 1.66. The number of piperidine rings is 2. The monoisotopic (exact) mass is 372 g/mol. The molecule has 3 aliphatic heterocycles. The van der Waals surface area contributed by atoms with Crippen LogP contribution in [0.5, 0.6) is 0 Å². The maximum absolute atomic E-state index is 12.4. The van der Waals surface area contributed by atoms with Crippen LogP contribution in [0.15, 0.2) is 0 Å². The number of urea groups is 1. The Morgan fingerprint density at radius 1 is 0.926 bits per heavy atom. The molecule has 1 N–H and O–H groups in total. The lowest BCUT2D eigenvalue weighted by molar-refractivity contribution is 0.192. The van der Waals surface area contributed by atoms with Gasteiger partial charge in [-0.05, 0) is 45.4 Å². The second kappa shape index (κ2) is 8.31. The third-order valence-corrected chi connectivity index (χ3v) is 5.94.